The van der Waals surface area contributed by atoms with E-state index in [0.717, 1.165) is 36.6 Å². The molecule has 0 heterocycles. The van der Waals surface area contributed by atoms with Crippen LogP contribution in [0.4, 0.5) is 0 Å². The van der Waals surface area contributed by atoms with Gasteiger partial charge in [0.15, 0.2) is 0 Å². The van der Waals surface area contributed by atoms with Crippen molar-refractivity contribution in [2.45, 2.75) is 80.1 Å². The first-order chi connectivity index (χ1) is 15.1. The molecule has 0 bridgehead atoms. The number of Topliss-reactive ketones (excluding diaryl/α,β-unsaturated/α-hetero) is 1. The molecule has 2 aromatic carbocycles. The van der Waals surface area contributed by atoms with Crippen molar-refractivity contribution in [2.24, 2.45) is 11.3 Å². The van der Waals surface area contributed by atoms with Gasteiger partial charge in [0.05, 0.1) is 6.26 Å². The molecule has 0 radical (unpaired) electrons. The predicted molar refractivity (Wildman–Crippen MR) is 137 cm³/mol. The van der Waals surface area contributed by atoms with E-state index >= 15 is 0 Å². The van der Waals surface area contributed by atoms with Crippen LogP contribution in [-0.2, 0) is 26.7 Å². The summed E-state index contributed by atoms with van der Waals surface area (Å²) >= 11 is 0. The number of carbonyl (C=O) groups excluding carboxylic acids is 1. The summed E-state index contributed by atoms with van der Waals surface area (Å²) in [5, 5.41) is 0. The Bertz CT molecular complexity index is 1100. The highest BCUT2D eigenvalue weighted by molar-refractivity contribution is 7.86. The standard InChI is InChI=1S/C28H40O4S/c1-10-28(11-2,24-14-15-25(20(4)18-24)32-33(9,30)31)23-13-12-22(19(3)17-23)16-21(5)26(29)27(6,7)8/h12-15,17-18,21H,10-11,16H2,1-9H3. The van der Waals surface area contributed by atoms with Crippen LogP contribution in [0.15, 0.2) is 36.4 Å². The molecule has 0 saturated heterocycles. The van der Waals surface area contributed by atoms with Crippen molar-refractivity contribution < 1.29 is 17.4 Å². The lowest BCUT2D eigenvalue weighted by Crippen LogP contribution is -2.28. The Morgan fingerprint density at radius 3 is 1.88 bits per heavy atom. The fourth-order valence-corrected chi connectivity index (χ4v) is 5.33. The van der Waals surface area contributed by atoms with Gasteiger partial charge in [0.2, 0.25) is 0 Å². The normalized spacial score (nSPS) is 13.6. The van der Waals surface area contributed by atoms with Gasteiger partial charge in [0.1, 0.15) is 11.5 Å². The number of hydrogen-bond acceptors (Lipinski definition) is 4. The molecule has 0 aliphatic heterocycles. The Labute approximate surface area is 200 Å². The van der Waals surface area contributed by atoms with E-state index in [9.17, 15) is 13.2 Å². The maximum atomic E-state index is 12.7. The smallest absolute Gasteiger partial charge is 0.306 e. The van der Waals surface area contributed by atoms with Crippen molar-refractivity contribution in [1.82, 2.24) is 0 Å². The van der Waals surface area contributed by atoms with E-state index in [1.807, 2.05) is 46.8 Å². The van der Waals surface area contributed by atoms with Gasteiger partial charge in [0, 0.05) is 16.7 Å². The van der Waals surface area contributed by atoms with E-state index in [0.29, 0.717) is 5.75 Å². The molecular weight excluding hydrogens is 432 g/mol. The molecule has 33 heavy (non-hydrogen) atoms. The van der Waals surface area contributed by atoms with E-state index in [1.54, 1.807) is 6.07 Å². The molecule has 2 aromatic rings. The summed E-state index contributed by atoms with van der Waals surface area (Å²) in [4.78, 5) is 12.7. The topological polar surface area (TPSA) is 60.4 Å². The first kappa shape index (κ1) is 27.1. The number of carbonyl (C=O) groups is 1. The van der Waals surface area contributed by atoms with Crippen molar-refractivity contribution in [2.75, 3.05) is 6.26 Å². The quantitative estimate of drug-likeness (QED) is 0.389. The van der Waals surface area contributed by atoms with Gasteiger partial charge in [-0.1, -0.05) is 71.9 Å². The lowest BCUT2D eigenvalue weighted by atomic mass is 9.69. The second-order valence-corrected chi connectivity index (χ2v) is 12.0. The van der Waals surface area contributed by atoms with Gasteiger partial charge < -0.3 is 4.18 Å². The minimum absolute atomic E-state index is 0.0262. The van der Waals surface area contributed by atoms with E-state index in [2.05, 4.69) is 39.0 Å². The molecule has 0 spiro atoms. The second-order valence-electron chi connectivity index (χ2n) is 10.4. The summed E-state index contributed by atoms with van der Waals surface area (Å²) in [5.41, 5.74) is 5.06. The predicted octanol–water partition coefficient (Wildman–Crippen LogP) is 6.54. The number of benzene rings is 2. The van der Waals surface area contributed by atoms with Gasteiger partial charge in [-0.2, -0.15) is 8.42 Å². The van der Waals surface area contributed by atoms with Crippen LogP contribution in [0.5, 0.6) is 5.75 Å². The summed E-state index contributed by atoms with van der Waals surface area (Å²) in [7, 11) is -3.57. The fourth-order valence-electron chi connectivity index (χ4n) is 4.82. The Kier molecular flexibility index (Phi) is 8.22. The molecule has 0 aliphatic rings. The zero-order valence-electron chi connectivity index (χ0n) is 21.7. The van der Waals surface area contributed by atoms with Gasteiger partial charge in [-0.3, -0.25) is 4.79 Å². The summed E-state index contributed by atoms with van der Waals surface area (Å²) in [5.74, 6) is 0.627. The monoisotopic (exact) mass is 472 g/mol. The van der Waals surface area contributed by atoms with E-state index in [-0.39, 0.29) is 22.5 Å². The summed E-state index contributed by atoms with van der Waals surface area (Å²) in [6.45, 7) is 16.3. The molecular formula is C28H40O4S. The third-order valence-corrected chi connectivity index (χ3v) is 7.27. The van der Waals surface area contributed by atoms with Crippen molar-refractivity contribution in [3.63, 3.8) is 0 Å². The molecule has 0 N–H and O–H groups in total. The maximum Gasteiger partial charge on any atom is 0.306 e. The fraction of sp³-hybridized carbons (Fsp3) is 0.536. The first-order valence-electron chi connectivity index (χ1n) is 11.8. The average molecular weight is 473 g/mol. The SMILES string of the molecule is CCC(CC)(c1ccc(CC(C)C(=O)C(C)(C)C)c(C)c1)c1ccc(OS(C)(=O)=O)c(C)c1. The molecule has 5 heteroatoms. The Morgan fingerprint density at radius 2 is 1.45 bits per heavy atom. The molecule has 1 atom stereocenters. The van der Waals surface area contributed by atoms with Crippen LogP contribution in [-0.4, -0.2) is 20.5 Å². The minimum Gasteiger partial charge on any atom is -0.382 e. The molecule has 0 aromatic heterocycles. The Hall–Kier alpha value is -2.14. The van der Waals surface area contributed by atoms with Gasteiger partial charge >= 0.3 is 10.1 Å². The Balaban J connectivity index is 2.44. The molecule has 0 aliphatic carbocycles. The highest BCUT2D eigenvalue weighted by atomic mass is 32.2. The van der Waals surface area contributed by atoms with Crippen molar-refractivity contribution in [3.8, 4) is 5.75 Å². The summed E-state index contributed by atoms with van der Waals surface area (Å²) in [6.07, 6.45) is 3.62. The maximum absolute atomic E-state index is 12.7. The summed E-state index contributed by atoms with van der Waals surface area (Å²) in [6, 6.07) is 12.4. The Morgan fingerprint density at radius 1 is 0.939 bits per heavy atom. The van der Waals surface area contributed by atoms with Crippen LogP contribution >= 0.6 is 0 Å². The minimum atomic E-state index is -3.57. The van der Waals surface area contributed by atoms with Crippen molar-refractivity contribution >= 4 is 15.9 Å². The van der Waals surface area contributed by atoms with Gasteiger partial charge in [-0.05, 0) is 67.0 Å². The third-order valence-electron chi connectivity index (χ3n) is 6.78. The van der Waals surface area contributed by atoms with Crippen LogP contribution in [0, 0.1) is 25.2 Å². The average Bonchev–Trinajstić information content (AvgIpc) is 2.70. The lowest BCUT2D eigenvalue weighted by molar-refractivity contribution is -0.129. The van der Waals surface area contributed by atoms with Crippen LogP contribution in [0.25, 0.3) is 0 Å². The van der Waals surface area contributed by atoms with E-state index < -0.39 is 10.1 Å². The molecule has 0 amide bonds. The highest BCUT2D eigenvalue weighted by Gasteiger charge is 2.32. The number of hydrogen-bond donors (Lipinski definition) is 0. The van der Waals surface area contributed by atoms with Gasteiger partial charge in [-0.25, -0.2) is 0 Å². The van der Waals surface area contributed by atoms with E-state index in [1.165, 1.54) is 16.7 Å². The lowest BCUT2D eigenvalue weighted by Gasteiger charge is -2.34. The largest absolute Gasteiger partial charge is 0.382 e. The van der Waals surface area contributed by atoms with Crippen molar-refractivity contribution in [3.05, 3.63) is 64.2 Å². The van der Waals surface area contributed by atoms with Gasteiger partial charge in [0.25, 0.3) is 0 Å². The molecule has 1 unspecified atom stereocenters. The van der Waals surface area contributed by atoms with Crippen LogP contribution in [0.2, 0.25) is 0 Å². The molecule has 4 nitrogen and oxygen atoms in total. The third kappa shape index (κ3) is 6.26. The van der Waals surface area contributed by atoms with Crippen LogP contribution in [0.1, 0.15) is 82.2 Å². The molecule has 0 fully saturated rings. The zero-order chi connectivity index (χ0) is 25.2. The van der Waals surface area contributed by atoms with Crippen LogP contribution < -0.4 is 4.18 Å². The van der Waals surface area contributed by atoms with Gasteiger partial charge in [-0.15, -0.1) is 0 Å². The summed E-state index contributed by atoms with van der Waals surface area (Å²) < 4.78 is 28.3. The molecule has 182 valence electrons. The number of ketones is 1. The number of rotatable bonds is 9. The highest BCUT2D eigenvalue weighted by Crippen LogP contribution is 2.41. The first-order valence-corrected chi connectivity index (χ1v) is 13.6. The van der Waals surface area contributed by atoms with Crippen molar-refractivity contribution in [1.29, 1.82) is 0 Å². The van der Waals surface area contributed by atoms with E-state index in [4.69, 9.17) is 4.18 Å². The second kappa shape index (κ2) is 10.0. The number of aryl methyl sites for hydroxylation is 2. The molecule has 2 rings (SSSR count). The zero-order valence-corrected chi connectivity index (χ0v) is 22.5. The molecule has 0 saturated carbocycles. The van der Waals surface area contributed by atoms with Crippen LogP contribution in [0.3, 0.4) is 0 Å².